The molecule has 0 amide bonds. The predicted molar refractivity (Wildman–Crippen MR) is 57.1 cm³/mol. The first-order chi connectivity index (χ1) is 6.13. The van der Waals surface area contributed by atoms with Gasteiger partial charge in [0.25, 0.3) is 0 Å². The van der Waals surface area contributed by atoms with E-state index in [1.807, 2.05) is 7.05 Å². The zero-order valence-corrected chi connectivity index (χ0v) is 9.38. The maximum Gasteiger partial charge on any atom is 0.0192 e. The van der Waals surface area contributed by atoms with E-state index in [2.05, 4.69) is 36.0 Å². The Morgan fingerprint density at radius 2 is 2.15 bits per heavy atom. The Hall–Kier alpha value is -0.120. The predicted octanol–water partition coefficient (Wildman–Crippen LogP) is 0.230. The van der Waals surface area contributed by atoms with Crippen molar-refractivity contribution >= 4 is 0 Å². The Morgan fingerprint density at radius 3 is 2.69 bits per heavy atom. The van der Waals surface area contributed by atoms with Crippen molar-refractivity contribution in [3.05, 3.63) is 0 Å². The summed E-state index contributed by atoms with van der Waals surface area (Å²) in [6.07, 6.45) is 0. The van der Waals surface area contributed by atoms with Crippen LogP contribution in [0.2, 0.25) is 0 Å². The molecule has 0 bridgehead atoms. The first kappa shape index (κ1) is 11.0. The van der Waals surface area contributed by atoms with Crippen molar-refractivity contribution in [3.8, 4) is 0 Å². The average molecular weight is 185 g/mol. The molecular weight excluding hydrogens is 162 g/mol. The lowest BCUT2D eigenvalue weighted by molar-refractivity contribution is 0.0993. The lowest BCUT2D eigenvalue weighted by Gasteiger charge is -2.38. The van der Waals surface area contributed by atoms with E-state index < -0.39 is 0 Å². The van der Waals surface area contributed by atoms with Gasteiger partial charge in [-0.1, -0.05) is 0 Å². The molecule has 1 saturated heterocycles. The Kier molecular flexibility index (Phi) is 4.16. The third kappa shape index (κ3) is 3.25. The standard InChI is InChI=1S/C10H23N3/c1-9(11-3)7-13-6-5-12(4)10(2)8-13/h9-11H,5-8H2,1-4H3/t9-,10?/m0/s1. The molecule has 2 atom stereocenters. The van der Waals surface area contributed by atoms with Gasteiger partial charge >= 0.3 is 0 Å². The SMILES string of the molecule is CN[C@@H](C)CN1CCN(C)C(C)C1. The molecule has 1 fully saturated rings. The van der Waals surface area contributed by atoms with E-state index in [0.29, 0.717) is 12.1 Å². The Labute approximate surface area is 82.1 Å². The summed E-state index contributed by atoms with van der Waals surface area (Å²) in [5.41, 5.74) is 0. The molecule has 78 valence electrons. The number of hydrogen-bond donors (Lipinski definition) is 1. The fraction of sp³-hybridized carbons (Fsp3) is 1.00. The number of rotatable bonds is 3. The maximum absolute atomic E-state index is 3.28. The van der Waals surface area contributed by atoms with Crippen LogP contribution in [0.5, 0.6) is 0 Å². The Bertz CT molecular complexity index is 147. The molecular formula is C10H23N3. The van der Waals surface area contributed by atoms with Gasteiger partial charge in [-0.2, -0.15) is 0 Å². The molecule has 0 aliphatic carbocycles. The second-order valence-electron chi connectivity index (χ2n) is 4.28. The molecule has 1 rings (SSSR count). The summed E-state index contributed by atoms with van der Waals surface area (Å²) in [4.78, 5) is 4.98. The molecule has 1 N–H and O–H groups in total. The van der Waals surface area contributed by atoms with Crippen LogP contribution >= 0.6 is 0 Å². The Balaban J connectivity index is 2.29. The smallest absolute Gasteiger partial charge is 0.0192 e. The highest BCUT2D eigenvalue weighted by Gasteiger charge is 2.20. The van der Waals surface area contributed by atoms with E-state index >= 15 is 0 Å². The van der Waals surface area contributed by atoms with E-state index in [9.17, 15) is 0 Å². The van der Waals surface area contributed by atoms with E-state index in [4.69, 9.17) is 0 Å². The number of piperazine rings is 1. The minimum absolute atomic E-state index is 0.607. The molecule has 0 aromatic rings. The molecule has 0 spiro atoms. The summed E-state index contributed by atoms with van der Waals surface area (Å²) in [5, 5.41) is 3.28. The highest BCUT2D eigenvalue weighted by atomic mass is 15.3. The van der Waals surface area contributed by atoms with Crippen molar-refractivity contribution in [2.75, 3.05) is 40.3 Å². The van der Waals surface area contributed by atoms with Crippen molar-refractivity contribution in [3.63, 3.8) is 0 Å². The van der Waals surface area contributed by atoms with Crippen molar-refractivity contribution in [1.29, 1.82) is 0 Å². The third-order valence-corrected chi connectivity index (χ3v) is 3.07. The monoisotopic (exact) mass is 185 g/mol. The van der Waals surface area contributed by atoms with Gasteiger partial charge in [0.2, 0.25) is 0 Å². The number of nitrogens with one attached hydrogen (secondary N) is 1. The van der Waals surface area contributed by atoms with Gasteiger partial charge in [-0.05, 0) is 27.9 Å². The zero-order valence-electron chi connectivity index (χ0n) is 9.38. The lowest BCUT2D eigenvalue weighted by atomic mass is 10.2. The van der Waals surface area contributed by atoms with Crippen LogP contribution in [0.4, 0.5) is 0 Å². The number of nitrogens with zero attached hydrogens (tertiary/aromatic N) is 2. The zero-order chi connectivity index (χ0) is 9.84. The van der Waals surface area contributed by atoms with Crippen LogP contribution in [-0.4, -0.2) is 62.2 Å². The van der Waals surface area contributed by atoms with Crippen LogP contribution in [0, 0.1) is 0 Å². The van der Waals surface area contributed by atoms with Crippen LogP contribution in [-0.2, 0) is 0 Å². The average Bonchev–Trinajstić information content (AvgIpc) is 2.11. The number of hydrogen-bond acceptors (Lipinski definition) is 3. The number of likely N-dealkylation sites (N-methyl/N-ethyl adjacent to an activating group) is 2. The van der Waals surface area contributed by atoms with Crippen molar-refractivity contribution in [1.82, 2.24) is 15.1 Å². The van der Waals surface area contributed by atoms with Crippen molar-refractivity contribution in [2.45, 2.75) is 25.9 Å². The molecule has 1 aliphatic heterocycles. The van der Waals surface area contributed by atoms with Crippen LogP contribution in [0.25, 0.3) is 0 Å². The normalized spacial score (nSPS) is 29.1. The molecule has 0 radical (unpaired) electrons. The van der Waals surface area contributed by atoms with Gasteiger partial charge in [0, 0.05) is 38.3 Å². The van der Waals surface area contributed by atoms with Crippen LogP contribution in [0.3, 0.4) is 0 Å². The first-order valence-corrected chi connectivity index (χ1v) is 5.23. The summed E-state index contributed by atoms with van der Waals surface area (Å²) in [5.74, 6) is 0. The fourth-order valence-corrected chi connectivity index (χ4v) is 1.77. The molecule has 3 heteroatoms. The fourth-order valence-electron chi connectivity index (χ4n) is 1.77. The van der Waals surface area contributed by atoms with Crippen molar-refractivity contribution < 1.29 is 0 Å². The van der Waals surface area contributed by atoms with Crippen LogP contribution in [0.1, 0.15) is 13.8 Å². The minimum atomic E-state index is 0.607. The summed E-state index contributed by atoms with van der Waals surface area (Å²) in [7, 11) is 4.24. The van der Waals surface area contributed by atoms with Gasteiger partial charge in [0.15, 0.2) is 0 Å². The highest BCUT2D eigenvalue weighted by molar-refractivity contribution is 4.78. The highest BCUT2D eigenvalue weighted by Crippen LogP contribution is 2.06. The minimum Gasteiger partial charge on any atom is -0.316 e. The topological polar surface area (TPSA) is 18.5 Å². The second kappa shape index (κ2) is 4.94. The molecule has 3 nitrogen and oxygen atoms in total. The van der Waals surface area contributed by atoms with Gasteiger partial charge in [-0.3, -0.25) is 4.90 Å². The third-order valence-electron chi connectivity index (χ3n) is 3.07. The molecule has 1 unspecified atom stereocenters. The largest absolute Gasteiger partial charge is 0.316 e. The first-order valence-electron chi connectivity index (χ1n) is 5.23. The molecule has 0 aromatic heterocycles. The summed E-state index contributed by atoms with van der Waals surface area (Å²) in [6.45, 7) is 9.35. The van der Waals surface area contributed by atoms with Gasteiger partial charge in [-0.25, -0.2) is 0 Å². The molecule has 0 aromatic carbocycles. The Morgan fingerprint density at radius 1 is 1.46 bits per heavy atom. The van der Waals surface area contributed by atoms with Crippen molar-refractivity contribution in [2.24, 2.45) is 0 Å². The second-order valence-corrected chi connectivity index (χ2v) is 4.28. The molecule has 0 saturated carbocycles. The van der Waals surface area contributed by atoms with E-state index in [1.165, 1.54) is 26.2 Å². The van der Waals surface area contributed by atoms with E-state index in [-0.39, 0.29) is 0 Å². The van der Waals surface area contributed by atoms with Gasteiger partial charge in [0.05, 0.1) is 0 Å². The van der Waals surface area contributed by atoms with Crippen LogP contribution in [0.15, 0.2) is 0 Å². The van der Waals surface area contributed by atoms with Crippen LogP contribution < -0.4 is 5.32 Å². The summed E-state index contributed by atoms with van der Waals surface area (Å²) >= 11 is 0. The maximum atomic E-state index is 3.28. The molecule has 1 aliphatic rings. The van der Waals surface area contributed by atoms with Gasteiger partial charge < -0.3 is 10.2 Å². The quantitative estimate of drug-likeness (QED) is 0.679. The molecule has 1 heterocycles. The summed E-state index contributed by atoms with van der Waals surface area (Å²) < 4.78 is 0. The van der Waals surface area contributed by atoms with Gasteiger partial charge in [-0.15, -0.1) is 0 Å². The van der Waals surface area contributed by atoms with E-state index in [1.54, 1.807) is 0 Å². The van der Waals surface area contributed by atoms with E-state index in [0.717, 1.165) is 0 Å². The van der Waals surface area contributed by atoms with Gasteiger partial charge in [0.1, 0.15) is 0 Å². The molecule has 13 heavy (non-hydrogen) atoms. The summed E-state index contributed by atoms with van der Waals surface area (Å²) in [6, 6.07) is 1.31. The lowest BCUT2D eigenvalue weighted by Crippen LogP contribution is -2.52.